The number of halogens is 1. The minimum absolute atomic E-state index is 0.0172. The maximum Gasteiger partial charge on any atom is 0.183 e. The van der Waals surface area contributed by atoms with E-state index in [1.54, 1.807) is 6.20 Å². The number of aryl methyl sites for hydroxylation is 1. The van der Waals surface area contributed by atoms with Crippen LogP contribution >= 0.6 is 0 Å². The van der Waals surface area contributed by atoms with Crippen LogP contribution in [-0.4, -0.2) is 81.2 Å². The monoisotopic (exact) mass is 492 g/mol. The van der Waals surface area contributed by atoms with Gasteiger partial charge in [-0.15, -0.1) is 0 Å². The minimum Gasteiger partial charge on any atom is -0.368 e. The van der Waals surface area contributed by atoms with Crippen molar-refractivity contribution in [2.45, 2.75) is 33.7 Å². The van der Waals surface area contributed by atoms with Crippen LogP contribution in [0.4, 0.5) is 15.9 Å². The third kappa shape index (κ3) is 5.56. The second-order valence-corrected chi connectivity index (χ2v) is 8.85. The highest BCUT2D eigenvalue weighted by Gasteiger charge is 2.19. The van der Waals surface area contributed by atoms with Crippen molar-refractivity contribution >= 4 is 35.1 Å². The van der Waals surface area contributed by atoms with E-state index in [2.05, 4.69) is 58.7 Å². The van der Waals surface area contributed by atoms with Crippen molar-refractivity contribution < 1.29 is 4.39 Å². The average Bonchev–Trinajstić information content (AvgIpc) is 3.22. The Balaban J connectivity index is 1.51. The zero-order valence-corrected chi connectivity index (χ0v) is 21.3. The van der Waals surface area contributed by atoms with Gasteiger partial charge in [0.2, 0.25) is 0 Å². The molecule has 4 heterocycles. The summed E-state index contributed by atoms with van der Waals surface area (Å²) < 4.78 is 16.9. The molecule has 36 heavy (non-hydrogen) atoms. The molecule has 0 bridgehead atoms. The Labute approximate surface area is 210 Å². The maximum absolute atomic E-state index is 14.9. The molecule has 0 atom stereocenters. The third-order valence-electron chi connectivity index (χ3n) is 6.20. The van der Waals surface area contributed by atoms with Gasteiger partial charge in [-0.2, -0.15) is 0 Å². The Morgan fingerprint density at radius 1 is 1.17 bits per heavy atom. The lowest BCUT2D eigenvalue weighted by Gasteiger charge is -2.35. The van der Waals surface area contributed by atoms with Crippen LogP contribution in [0.1, 0.15) is 38.5 Å². The molecule has 1 N–H and O–H groups in total. The molecular formula is C25H33FN10. The number of hydrogen-bond donors (Lipinski definition) is 1. The Bertz CT molecular complexity index is 1250. The van der Waals surface area contributed by atoms with Crippen molar-refractivity contribution in [2.24, 2.45) is 9.98 Å². The summed E-state index contributed by atoms with van der Waals surface area (Å²) in [7, 11) is 0. The SMILES string of the molecule is C=N/C=C(F)\C(=N/CNc1ccc(N2CCN(CC)CC2)cn1)c1ncc2nc(C)n(C(C)C)c2n1. The first-order valence-electron chi connectivity index (χ1n) is 12.2. The number of hydrogen-bond acceptors (Lipinski definition) is 9. The molecule has 3 aromatic heterocycles. The van der Waals surface area contributed by atoms with E-state index >= 15 is 0 Å². The highest BCUT2D eigenvalue weighted by molar-refractivity contribution is 6.09. The molecule has 1 saturated heterocycles. The van der Waals surface area contributed by atoms with Crippen molar-refractivity contribution in [3.63, 3.8) is 0 Å². The quantitative estimate of drug-likeness (QED) is 0.456. The highest BCUT2D eigenvalue weighted by Crippen LogP contribution is 2.20. The van der Waals surface area contributed by atoms with Gasteiger partial charge in [0.25, 0.3) is 0 Å². The summed E-state index contributed by atoms with van der Waals surface area (Å²) in [6, 6.07) is 4.08. The number of fused-ring (bicyclic) bond motifs is 1. The van der Waals surface area contributed by atoms with E-state index in [1.807, 2.05) is 43.7 Å². The van der Waals surface area contributed by atoms with Gasteiger partial charge in [0.15, 0.2) is 17.3 Å². The third-order valence-corrected chi connectivity index (χ3v) is 6.20. The van der Waals surface area contributed by atoms with Gasteiger partial charge in [0.05, 0.1) is 24.3 Å². The average molecular weight is 493 g/mol. The number of pyridine rings is 1. The number of imidazole rings is 1. The molecule has 1 aliphatic heterocycles. The number of allylic oxidation sites excluding steroid dienone is 1. The topological polar surface area (TPSA) is 99.7 Å². The number of anilines is 2. The van der Waals surface area contributed by atoms with E-state index in [1.165, 1.54) is 0 Å². The molecule has 1 fully saturated rings. The first kappa shape index (κ1) is 25.4. The molecule has 0 saturated carbocycles. The van der Waals surface area contributed by atoms with Crippen molar-refractivity contribution in [3.05, 3.63) is 48.2 Å². The largest absolute Gasteiger partial charge is 0.368 e. The van der Waals surface area contributed by atoms with Crippen molar-refractivity contribution in [3.8, 4) is 0 Å². The number of likely N-dealkylation sites (N-methyl/N-ethyl adjacent to an activating group) is 1. The van der Waals surface area contributed by atoms with Gasteiger partial charge in [-0.05, 0) is 46.2 Å². The predicted octanol–water partition coefficient (Wildman–Crippen LogP) is 3.62. The fourth-order valence-electron chi connectivity index (χ4n) is 4.33. The Morgan fingerprint density at radius 2 is 1.94 bits per heavy atom. The summed E-state index contributed by atoms with van der Waals surface area (Å²) in [6.07, 6.45) is 4.44. The summed E-state index contributed by atoms with van der Waals surface area (Å²) >= 11 is 0. The number of nitrogens with one attached hydrogen (secondary N) is 1. The number of aliphatic imine (C=N–C) groups is 2. The first-order valence-corrected chi connectivity index (χ1v) is 12.2. The molecule has 11 heteroatoms. The van der Waals surface area contributed by atoms with Crippen LogP contribution in [0, 0.1) is 6.92 Å². The molecular weight excluding hydrogens is 459 g/mol. The Kier molecular flexibility index (Phi) is 7.99. The van der Waals surface area contributed by atoms with Gasteiger partial charge in [-0.3, -0.25) is 9.98 Å². The minimum atomic E-state index is -0.673. The Morgan fingerprint density at radius 3 is 2.58 bits per heavy atom. The molecule has 0 aliphatic carbocycles. The number of nitrogens with zero attached hydrogens (tertiary/aromatic N) is 9. The summed E-state index contributed by atoms with van der Waals surface area (Å²) in [5, 5.41) is 3.12. The smallest absolute Gasteiger partial charge is 0.183 e. The fourth-order valence-corrected chi connectivity index (χ4v) is 4.33. The van der Waals surface area contributed by atoms with Crippen LogP contribution < -0.4 is 10.2 Å². The lowest BCUT2D eigenvalue weighted by molar-refractivity contribution is 0.271. The fraction of sp³-hybridized carbons (Fsp3) is 0.440. The molecule has 1 aliphatic rings. The lowest BCUT2D eigenvalue weighted by atomic mass is 10.2. The van der Waals surface area contributed by atoms with Crippen LogP contribution in [0.15, 0.2) is 46.5 Å². The molecule has 4 rings (SSSR count). The summed E-state index contributed by atoms with van der Waals surface area (Å²) in [4.78, 5) is 30.6. The molecule has 190 valence electrons. The number of aromatic nitrogens is 5. The van der Waals surface area contributed by atoms with Crippen molar-refractivity contribution in [2.75, 3.05) is 49.6 Å². The predicted molar refractivity (Wildman–Crippen MR) is 143 cm³/mol. The lowest BCUT2D eigenvalue weighted by Crippen LogP contribution is -2.46. The molecule has 0 aromatic carbocycles. The van der Waals surface area contributed by atoms with Crippen molar-refractivity contribution in [1.82, 2.24) is 29.4 Å². The molecule has 10 nitrogen and oxygen atoms in total. The van der Waals surface area contributed by atoms with Gasteiger partial charge < -0.3 is 19.7 Å². The van der Waals surface area contributed by atoms with E-state index < -0.39 is 5.83 Å². The van der Waals surface area contributed by atoms with Gasteiger partial charge in [-0.25, -0.2) is 24.3 Å². The molecule has 0 amide bonds. The first-order chi connectivity index (χ1) is 17.4. The van der Waals surface area contributed by atoms with Gasteiger partial charge in [0.1, 0.15) is 29.5 Å². The molecule has 3 aromatic rings. The molecule has 0 radical (unpaired) electrons. The van der Waals surface area contributed by atoms with Crippen LogP contribution in [0.2, 0.25) is 0 Å². The Hall–Kier alpha value is -3.73. The number of piperazine rings is 1. The van der Waals surface area contributed by atoms with Crippen LogP contribution in [0.3, 0.4) is 0 Å². The molecule has 0 unspecified atom stereocenters. The standard InChI is InChI=1S/C25H33FN10/c1-6-34-9-11-35(12-10-34)19-7-8-22(28-13-19)30-16-31-23(20(26)14-27-5)24-29-15-21-25(33-24)36(17(2)3)18(4)32-21/h7-8,13-15,17H,5-6,9-12,16H2,1-4H3,(H,28,30)/b20-14+,31-23+. The van der Waals surface area contributed by atoms with E-state index in [9.17, 15) is 4.39 Å². The van der Waals surface area contributed by atoms with E-state index in [0.717, 1.165) is 50.4 Å². The summed E-state index contributed by atoms with van der Waals surface area (Å²) in [5.41, 5.74) is 2.35. The second-order valence-electron chi connectivity index (χ2n) is 8.85. The second kappa shape index (κ2) is 11.3. The highest BCUT2D eigenvalue weighted by atomic mass is 19.1. The molecule has 0 spiro atoms. The van der Waals surface area contributed by atoms with E-state index in [0.29, 0.717) is 17.0 Å². The van der Waals surface area contributed by atoms with Crippen molar-refractivity contribution in [1.29, 1.82) is 0 Å². The van der Waals surface area contributed by atoms with Gasteiger partial charge >= 0.3 is 0 Å². The van der Waals surface area contributed by atoms with Gasteiger partial charge in [0, 0.05) is 32.2 Å². The van der Waals surface area contributed by atoms with E-state index in [4.69, 9.17) is 0 Å². The van der Waals surface area contributed by atoms with Crippen LogP contribution in [0.5, 0.6) is 0 Å². The zero-order valence-electron chi connectivity index (χ0n) is 21.3. The van der Waals surface area contributed by atoms with Gasteiger partial charge in [-0.1, -0.05) is 6.92 Å². The van der Waals surface area contributed by atoms with Crippen LogP contribution in [-0.2, 0) is 0 Å². The maximum atomic E-state index is 14.9. The summed E-state index contributed by atoms with van der Waals surface area (Å²) in [6.45, 7) is 16.8. The van der Waals surface area contributed by atoms with Crippen LogP contribution in [0.25, 0.3) is 11.2 Å². The number of rotatable bonds is 9. The normalized spacial score (nSPS) is 15.7. The van der Waals surface area contributed by atoms with E-state index in [-0.39, 0.29) is 24.2 Å². The zero-order chi connectivity index (χ0) is 25.7. The summed E-state index contributed by atoms with van der Waals surface area (Å²) in [5.74, 6) is 0.938.